The molecule has 0 atom stereocenters. The first-order valence-corrected chi connectivity index (χ1v) is 12.6. The van der Waals surface area contributed by atoms with E-state index in [1.54, 1.807) is 12.1 Å². The molecule has 0 amide bonds. The Hall–Kier alpha value is -2.63. The first-order valence-electron chi connectivity index (χ1n) is 8.86. The Morgan fingerprint density at radius 2 is 1.61 bits per heavy atom. The summed E-state index contributed by atoms with van der Waals surface area (Å²) in [5.41, 5.74) is 0.231. The van der Waals surface area contributed by atoms with E-state index < -0.39 is 30.6 Å². The summed E-state index contributed by atoms with van der Waals surface area (Å²) in [5.74, 6) is -0.881. The third-order valence-corrected chi connectivity index (χ3v) is 7.21. The fourth-order valence-electron chi connectivity index (χ4n) is 2.79. The molecule has 0 spiro atoms. The Bertz CT molecular complexity index is 1370. The first kappa shape index (κ1) is 25.0. The molecule has 176 valence electrons. The van der Waals surface area contributed by atoms with Gasteiger partial charge < -0.3 is 5.11 Å². The Labute approximate surface area is 192 Å². The van der Waals surface area contributed by atoms with Crippen molar-refractivity contribution in [2.75, 3.05) is 12.4 Å². The molecule has 12 nitrogen and oxygen atoms in total. The monoisotopic (exact) mass is 516 g/mol. The molecule has 0 aliphatic heterocycles. The Morgan fingerprint density at radius 1 is 0.939 bits per heavy atom. The van der Waals surface area contributed by atoms with Crippen LogP contribution in [-0.4, -0.2) is 44.1 Å². The predicted molar refractivity (Wildman–Crippen MR) is 116 cm³/mol. The summed E-state index contributed by atoms with van der Waals surface area (Å²) in [4.78, 5) is -0.470. The number of sulfone groups is 1. The number of fused-ring (bicyclic) bond motifs is 1. The standard InChI is InChI=1S/C18H16N2O10S3/c21-16-11-17(33(25,26)27)14-3-1-2-4-15(14)18(16)20-19-12-5-7-13(8-6-12)32(23,24)10-9-28-31-30-29-22/h1-8,11,21-22H,9-10H2,(H,25,26,27)/b20-19+. The number of phenols is 1. The molecule has 0 saturated heterocycles. The highest BCUT2D eigenvalue weighted by Gasteiger charge is 2.19. The lowest BCUT2D eigenvalue weighted by atomic mass is 10.1. The summed E-state index contributed by atoms with van der Waals surface area (Å²) in [6.45, 7) is -0.232. The maximum absolute atomic E-state index is 12.3. The second-order valence-corrected chi connectivity index (χ2v) is 10.3. The van der Waals surface area contributed by atoms with E-state index in [9.17, 15) is 26.5 Å². The van der Waals surface area contributed by atoms with Gasteiger partial charge in [-0.15, -0.1) is 9.45 Å². The molecule has 0 unspecified atom stereocenters. The number of phenolic OH excluding ortho intramolecular Hbond substituents is 1. The maximum Gasteiger partial charge on any atom is 0.295 e. The molecule has 0 aliphatic carbocycles. The van der Waals surface area contributed by atoms with Crippen molar-refractivity contribution >= 4 is 54.4 Å². The number of azo groups is 1. The molecule has 0 radical (unpaired) electrons. The Kier molecular flexibility index (Phi) is 7.98. The highest BCUT2D eigenvalue weighted by atomic mass is 32.2. The lowest BCUT2D eigenvalue weighted by Gasteiger charge is -2.08. The van der Waals surface area contributed by atoms with Crippen molar-refractivity contribution in [1.82, 2.24) is 0 Å². The predicted octanol–water partition coefficient (Wildman–Crippen LogP) is 3.98. The van der Waals surface area contributed by atoms with E-state index >= 15 is 0 Å². The molecule has 0 heterocycles. The van der Waals surface area contributed by atoms with Crippen LogP contribution in [-0.2, 0) is 33.5 Å². The second kappa shape index (κ2) is 10.5. The zero-order chi connectivity index (χ0) is 24.1. The van der Waals surface area contributed by atoms with Gasteiger partial charge in [-0.1, -0.05) is 29.3 Å². The van der Waals surface area contributed by atoms with Gasteiger partial charge >= 0.3 is 0 Å². The summed E-state index contributed by atoms with van der Waals surface area (Å²) in [5, 5.41) is 29.8. The van der Waals surface area contributed by atoms with Crippen LogP contribution < -0.4 is 0 Å². The quantitative estimate of drug-likeness (QED) is 0.0885. The van der Waals surface area contributed by atoms with Crippen molar-refractivity contribution in [1.29, 1.82) is 0 Å². The fourth-order valence-corrected chi connectivity index (χ4v) is 4.91. The van der Waals surface area contributed by atoms with E-state index in [1.807, 2.05) is 0 Å². The number of rotatable bonds is 10. The smallest absolute Gasteiger partial charge is 0.295 e. The highest BCUT2D eigenvalue weighted by Crippen LogP contribution is 2.39. The molecule has 3 N–H and O–H groups in total. The number of hydrogen-bond acceptors (Lipinski definition) is 12. The number of benzene rings is 3. The van der Waals surface area contributed by atoms with Crippen LogP contribution >= 0.6 is 12.3 Å². The topological polar surface area (TPSA) is 181 Å². The maximum atomic E-state index is 12.3. The summed E-state index contributed by atoms with van der Waals surface area (Å²) in [6.07, 6.45) is 0. The average molecular weight is 517 g/mol. The number of hydrogen-bond donors (Lipinski definition) is 3. The van der Waals surface area contributed by atoms with Crippen LogP contribution in [0.3, 0.4) is 0 Å². The molecular weight excluding hydrogens is 500 g/mol. The lowest BCUT2D eigenvalue weighted by molar-refractivity contribution is -0.434. The van der Waals surface area contributed by atoms with E-state index in [1.165, 1.54) is 36.4 Å². The summed E-state index contributed by atoms with van der Waals surface area (Å²) < 4.78 is 66.0. The van der Waals surface area contributed by atoms with E-state index in [4.69, 9.17) is 9.44 Å². The van der Waals surface area contributed by atoms with Gasteiger partial charge in [0.15, 0.2) is 22.2 Å². The zero-order valence-corrected chi connectivity index (χ0v) is 18.9. The third kappa shape index (κ3) is 6.24. The largest absolute Gasteiger partial charge is 0.506 e. The molecule has 0 aromatic heterocycles. The van der Waals surface area contributed by atoms with Crippen LogP contribution in [0.15, 0.2) is 74.6 Å². The van der Waals surface area contributed by atoms with Crippen LogP contribution in [0.1, 0.15) is 0 Å². The van der Waals surface area contributed by atoms with E-state index in [-0.39, 0.29) is 51.7 Å². The summed E-state index contributed by atoms with van der Waals surface area (Å²) in [6, 6.07) is 12.4. The highest BCUT2D eigenvalue weighted by molar-refractivity contribution is 7.91. The molecule has 3 aromatic rings. The van der Waals surface area contributed by atoms with Crippen molar-refractivity contribution < 1.29 is 45.3 Å². The lowest BCUT2D eigenvalue weighted by Crippen LogP contribution is -2.10. The van der Waals surface area contributed by atoms with Crippen LogP contribution in [0.2, 0.25) is 0 Å². The molecule has 3 aromatic carbocycles. The summed E-state index contributed by atoms with van der Waals surface area (Å²) >= 11 is 0.268. The summed E-state index contributed by atoms with van der Waals surface area (Å²) in [7, 11) is -8.27. The minimum Gasteiger partial charge on any atom is -0.506 e. The van der Waals surface area contributed by atoms with Gasteiger partial charge in [0.2, 0.25) is 0 Å². The molecule has 0 bridgehead atoms. The molecule has 0 aliphatic rings. The zero-order valence-electron chi connectivity index (χ0n) is 16.4. The van der Waals surface area contributed by atoms with Crippen molar-refractivity contribution in [2.45, 2.75) is 9.79 Å². The normalized spacial score (nSPS) is 12.5. The first-order chi connectivity index (χ1) is 15.6. The fraction of sp³-hybridized carbons (Fsp3) is 0.111. The van der Waals surface area contributed by atoms with Crippen LogP contribution in [0, 0.1) is 0 Å². The minimum atomic E-state index is -4.59. The molecule has 33 heavy (non-hydrogen) atoms. The Balaban J connectivity index is 1.83. The molecule has 0 fully saturated rings. The van der Waals surface area contributed by atoms with Gasteiger partial charge in [-0.05, 0) is 24.3 Å². The van der Waals surface area contributed by atoms with E-state index in [0.29, 0.717) is 0 Å². The van der Waals surface area contributed by atoms with E-state index in [2.05, 4.69) is 19.6 Å². The van der Waals surface area contributed by atoms with Crippen LogP contribution in [0.5, 0.6) is 5.75 Å². The molecular formula is C18H16N2O10S3. The van der Waals surface area contributed by atoms with Gasteiger partial charge in [-0.2, -0.15) is 13.5 Å². The van der Waals surface area contributed by atoms with Gasteiger partial charge in [-0.25, -0.2) is 13.7 Å². The van der Waals surface area contributed by atoms with Crippen molar-refractivity contribution in [3.05, 3.63) is 54.6 Å². The minimum absolute atomic E-state index is 0.000166. The SMILES string of the molecule is O=S(=O)(O)c1cc(O)c(/N=N/c2ccc(S(=O)(=O)CCOSOOO)cc2)c2ccccc12. The van der Waals surface area contributed by atoms with Gasteiger partial charge in [0.25, 0.3) is 10.1 Å². The molecule has 0 saturated carbocycles. The van der Waals surface area contributed by atoms with Crippen LogP contribution in [0.4, 0.5) is 11.4 Å². The van der Waals surface area contributed by atoms with Crippen molar-refractivity contribution in [3.63, 3.8) is 0 Å². The van der Waals surface area contributed by atoms with Gasteiger partial charge in [-0.3, -0.25) is 8.74 Å². The third-order valence-electron chi connectivity index (χ3n) is 4.24. The average Bonchev–Trinajstić information content (AvgIpc) is 2.77. The van der Waals surface area contributed by atoms with E-state index in [0.717, 1.165) is 6.07 Å². The van der Waals surface area contributed by atoms with Gasteiger partial charge in [0.1, 0.15) is 16.3 Å². The molecule has 3 rings (SSSR count). The van der Waals surface area contributed by atoms with Crippen molar-refractivity contribution in [2.24, 2.45) is 10.2 Å². The number of aromatic hydroxyl groups is 1. The van der Waals surface area contributed by atoms with Gasteiger partial charge in [0.05, 0.1) is 22.9 Å². The second-order valence-electron chi connectivity index (χ2n) is 6.31. The number of nitrogens with zero attached hydrogens (tertiary/aromatic N) is 2. The molecule has 15 heteroatoms. The van der Waals surface area contributed by atoms with Gasteiger partial charge in [0, 0.05) is 16.8 Å². The Morgan fingerprint density at radius 3 is 2.24 bits per heavy atom. The van der Waals surface area contributed by atoms with Crippen LogP contribution in [0.25, 0.3) is 10.8 Å². The van der Waals surface area contributed by atoms with Crippen molar-refractivity contribution in [3.8, 4) is 5.75 Å².